The molecule has 0 radical (unpaired) electrons. The first-order valence-corrected chi connectivity index (χ1v) is 23.8. The van der Waals surface area contributed by atoms with Crippen molar-refractivity contribution in [1.29, 1.82) is 0 Å². The van der Waals surface area contributed by atoms with Crippen LogP contribution in [0.25, 0.3) is 0 Å². The second-order valence-electron chi connectivity index (χ2n) is 19.9. The van der Waals surface area contributed by atoms with Crippen molar-refractivity contribution < 1.29 is 62.4 Å². The Kier molecular flexibility index (Phi) is 15.6. The number of allylic oxidation sites excluding steroid dienone is 2. The van der Waals surface area contributed by atoms with Crippen LogP contribution in [0.5, 0.6) is 0 Å². The van der Waals surface area contributed by atoms with Gasteiger partial charge < -0.3 is 62.9 Å². The average Bonchev–Trinajstić information content (AvgIpc) is 3.61. The summed E-state index contributed by atoms with van der Waals surface area (Å²) < 4.78 is 64.9. The van der Waals surface area contributed by atoms with Gasteiger partial charge in [0.05, 0.1) is 54.9 Å². The van der Waals surface area contributed by atoms with Crippen LogP contribution in [0.1, 0.15) is 101 Å². The first-order chi connectivity index (χ1) is 30.4. The van der Waals surface area contributed by atoms with E-state index in [-0.39, 0.29) is 60.4 Å². The number of ether oxygens (including phenoxy) is 10. The Hall–Kier alpha value is -2.31. The van der Waals surface area contributed by atoms with E-state index in [1.165, 1.54) is 0 Å². The highest BCUT2D eigenvalue weighted by atomic mass is 16.7. The summed E-state index contributed by atoms with van der Waals surface area (Å²) >= 11 is 0. The Morgan fingerprint density at radius 3 is 2.41 bits per heavy atom. The summed E-state index contributed by atoms with van der Waals surface area (Å²) in [5.74, 6) is -2.52. The molecule has 0 aromatic rings. The first kappa shape index (κ1) is 49.6. The third kappa shape index (κ3) is 9.69. The van der Waals surface area contributed by atoms with Gasteiger partial charge in [-0.3, -0.25) is 4.79 Å². The molecular formula is C50H77NO13. The Balaban J connectivity index is 1.17. The second-order valence-corrected chi connectivity index (χ2v) is 19.9. The molecule has 20 atom stereocenters. The van der Waals surface area contributed by atoms with Gasteiger partial charge in [-0.05, 0) is 76.8 Å². The third-order valence-corrected chi connectivity index (χ3v) is 15.6. The Labute approximate surface area is 381 Å². The summed E-state index contributed by atoms with van der Waals surface area (Å²) in [5, 5.41) is 27.2. The fourth-order valence-corrected chi connectivity index (χ4v) is 11.1. The molecule has 0 saturated carbocycles. The van der Waals surface area contributed by atoms with Crippen LogP contribution in [0.2, 0.25) is 0 Å². The second kappa shape index (κ2) is 20.1. The van der Waals surface area contributed by atoms with Crippen molar-refractivity contribution in [2.75, 3.05) is 27.9 Å². The van der Waals surface area contributed by atoms with Gasteiger partial charge in [0.15, 0.2) is 18.4 Å². The fraction of sp³-hybridized carbons (Fsp3) is 0.780. The normalized spacial score (nSPS) is 49.2. The van der Waals surface area contributed by atoms with Crippen LogP contribution in [0, 0.1) is 23.7 Å². The maximum atomic E-state index is 14.4. The van der Waals surface area contributed by atoms with E-state index < -0.39 is 72.5 Å². The van der Waals surface area contributed by atoms with Gasteiger partial charge in [0, 0.05) is 51.7 Å². The standard InChI is InChI=1S/C50H77NO13/c1-13-27(2)44-30(5)19-20-49(64-44)25-36-22-35(63-49)18-17-29(4)43(28(3)15-14-16-34-26-57-46-42(52)31(6)21-37(47(53)60-36)50(34,46)54)61-40-23-38(55-11)45(32(7)58-40)62-41-24-39(56-12)48(9,51-10)33(8)59-41/h14-17,19-21,27-28,30,32-33,35-46,51-52,54H,13,18,22-26H2,1-12H3/b15-14+,29-17+,34-16+/t27?,28?,30-,32-,33-,35+,36-,37-,38-,39-,40-,41-,42+,43-,44+,45-,46+,48-,49+,50+/m0/s1. The van der Waals surface area contributed by atoms with Crippen molar-refractivity contribution >= 4 is 5.97 Å². The quantitative estimate of drug-likeness (QED) is 0.183. The molecule has 6 heterocycles. The number of esters is 1. The van der Waals surface area contributed by atoms with Gasteiger partial charge in [-0.1, -0.05) is 70.6 Å². The molecule has 2 bridgehead atoms. The van der Waals surface area contributed by atoms with E-state index in [1.807, 2.05) is 39.1 Å². The van der Waals surface area contributed by atoms with Gasteiger partial charge in [-0.25, -0.2) is 0 Å². The smallest absolute Gasteiger partial charge is 0.316 e. The predicted molar refractivity (Wildman–Crippen MR) is 239 cm³/mol. The van der Waals surface area contributed by atoms with Gasteiger partial charge in [0.2, 0.25) is 0 Å². The van der Waals surface area contributed by atoms with Gasteiger partial charge in [0.25, 0.3) is 0 Å². The number of carbonyl (C=O) groups is 1. The zero-order valence-electron chi connectivity index (χ0n) is 40.2. The summed E-state index contributed by atoms with van der Waals surface area (Å²) in [5.41, 5.74) is -0.201. The van der Waals surface area contributed by atoms with E-state index in [1.54, 1.807) is 33.3 Å². The third-order valence-electron chi connectivity index (χ3n) is 15.6. The number of carbonyl (C=O) groups excluding carboxylic acids is 1. The number of likely N-dealkylation sites (N-methyl/N-ethyl adjacent to an activating group) is 1. The van der Waals surface area contributed by atoms with Crippen LogP contribution in [0.3, 0.4) is 0 Å². The van der Waals surface area contributed by atoms with Crippen LogP contribution in [0.15, 0.2) is 59.3 Å². The average molecular weight is 900 g/mol. The highest BCUT2D eigenvalue weighted by Crippen LogP contribution is 2.47. The summed E-state index contributed by atoms with van der Waals surface area (Å²) in [7, 11) is 5.32. The molecule has 4 fully saturated rings. The lowest BCUT2D eigenvalue weighted by molar-refractivity contribution is -0.317. The number of methoxy groups -OCH3 is 2. The molecule has 0 amide bonds. The molecule has 2 unspecified atom stereocenters. The minimum Gasteiger partial charge on any atom is -0.462 e. The van der Waals surface area contributed by atoms with E-state index in [2.05, 4.69) is 59.0 Å². The van der Waals surface area contributed by atoms with Gasteiger partial charge in [-0.15, -0.1) is 0 Å². The number of hydrogen-bond donors (Lipinski definition) is 3. The molecule has 3 N–H and O–H groups in total. The molecule has 1 aliphatic carbocycles. The van der Waals surface area contributed by atoms with Crippen molar-refractivity contribution in [2.24, 2.45) is 23.7 Å². The molecule has 1 spiro atoms. The van der Waals surface area contributed by atoms with Crippen molar-refractivity contribution in [2.45, 2.75) is 197 Å². The minimum atomic E-state index is -1.83. The molecule has 360 valence electrons. The van der Waals surface area contributed by atoms with Crippen LogP contribution in [0.4, 0.5) is 0 Å². The van der Waals surface area contributed by atoms with E-state index >= 15 is 0 Å². The van der Waals surface area contributed by atoms with E-state index in [4.69, 9.17) is 47.4 Å². The molecular weight excluding hydrogens is 823 g/mol. The Morgan fingerprint density at radius 1 is 0.953 bits per heavy atom. The number of fused-ring (bicyclic) bond motifs is 2. The highest BCUT2D eigenvalue weighted by molar-refractivity contribution is 5.78. The molecule has 14 nitrogen and oxygen atoms in total. The monoisotopic (exact) mass is 900 g/mol. The number of rotatable bonds is 9. The van der Waals surface area contributed by atoms with E-state index in [0.717, 1.165) is 12.0 Å². The van der Waals surface area contributed by atoms with Crippen molar-refractivity contribution in [3.63, 3.8) is 0 Å². The van der Waals surface area contributed by atoms with Gasteiger partial charge in [-0.2, -0.15) is 0 Å². The first-order valence-electron chi connectivity index (χ1n) is 23.8. The highest BCUT2D eigenvalue weighted by Gasteiger charge is 2.60. The van der Waals surface area contributed by atoms with Gasteiger partial charge >= 0.3 is 5.97 Å². The Morgan fingerprint density at radius 2 is 1.70 bits per heavy atom. The number of nitrogens with one attached hydrogen (secondary N) is 1. The molecule has 64 heavy (non-hydrogen) atoms. The SMILES string of the molecule is CCC(C)[C@H]1O[C@]2(C=C[C@@H]1C)C[C@@H]1C[C@@H](C/C=C(\C)[C@@H](O[C@H]3C[C@H](OC)[C@@H](O[C@H]4C[C@H](OC)[C@@](C)(NC)[C@H](C)O4)[C@H](C)O3)C(C)/C=C/C=C3\CO[C@@H]4[C@H](O)C(C)=C[C@@H](C(=O)O1)[C@]34O)O2. The van der Waals surface area contributed by atoms with Crippen LogP contribution in [-0.2, 0) is 52.2 Å². The minimum absolute atomic E-state index is 0.0399. The maximum Gasteiger partial charge on any atom is 0.316 e. The lowest BCUT2D eigenvalue weighted by Crippen LogP contribution is -2.65. The zero-order chi connectivity index (χ0) is 46.3. The maximum absolute atomic E-state index is 14.4. The lowest BCUT2D eigenvalue weighted by atomic mass is 9.71. The lowest BCUT2D eigenvalue weighted by Gasteiger charge is -2.49. The van der Waals surface area contributed by atoms with Crippen LogP contribution >= 0.6 is 0 Å². The Bertz CT molecular complexity index is 1800. The van der Waals surface area contributed by atoms with Crippen molar-refractivity contribution in [3.05, 3.63) is 59.3 Å². The molecule has 0 aromatic carbocycles. The molecule has 7 rings (SSSR count). The number of aliphatic hydroxyl groups is 2. The van der Waals surface area contributed by atoms with E-state index in [9.17, 15) is 15.0 Å². The largest absolute Gasteiger partial charge is 0.462 e. The van der Waals surface area contributed by atoms with Crippen molar-refractivity contribution in [1.82, 2.24) is 5.32 Å². The van der Waals surface area contributed by atoms with Crippen molar-refractivity contribution in [3.8, 4) is 0 Å². The predicted octanol–water partition coefficient (Wildman–Crippen LogP) is 5.99. The summed E-state index contributed by atoms with van der Waals surface area (Å²) in [4.78, 5) is 14.4. The molecule has 14 heteroatoms. The molecule has 4 saturated heterocycles. The fourth-order valence-electron chi connectivity index (χ4n) is 11.1. The van der Waals surface area contributed by atoms with Gasteiger partial charge in [0.1, 0.15) is 35.9 Å². The summed E-state index contributed by atoms with van der Waals surface area (Å²) in [6, 6.07) is 0. The zero-order valence-corrected chi connectivity index (χ0v) is 40.2. The molecule has 6 aliphatic heterocycles. The number of hydrogen-bond acceptors (Lipinski definition) is 14. The summed E-state index contributed by atoms with van der Waals surface area (Å²) in [6.07, 6.45) is 10.5. The topological polar surface area (TPSA) is 162 Å². The summed E-state index contributed by atoms with van der Waals surface area (Å²) in [6.45, 7) is 18.5. The molecule has 0 aromatic heterocycles. The number of aliphatic hydroxyl groups excluding tert-OH is 1. The van der Waals surface area contributed by atoms with Crippen LogP contribution < -0.4 is 5.32 Å². The molecule has 7 aliphatic rings. The van der Waals surface area contributed by atoms with E-state index in [0.29, 0.717) is 43.3 Å². The van der Waals surface area contributed by atoms with Crippen LogP contribution in [-0.4, -0.2) is 141 Å².